The van der Waals surface area contributed by atoms with Crippen LogP contribution < -0.4 is 10.2 Å². The van der Waals surface area contributed by atoms with Gasteiger partial charge in [0.05, 0.1) is 12.2 Å². The average molecular weight is 276 g/mol. The van der Waals surface area contributed by atoms with Crippen LogP contribution in [0.4, 0.5) is 5.95 Å². The third-order valence-corrected chi connectivity index (χ3v) is 3.48. The number of rotatable bonds is 5. The maximum Gasteiger partial charge on any atom is 0.225 e. The Labute approximate surface area is 120 Å². The van der Waals surface area contributed by atoms with Crippen LogP contribution >= 0.6 is 0 Å². The van der Waals surface area contributed by atoms with Crippen LogP contribution in [0.15, 0.2) is 6.07 Å². The van der Waals surface area contributed by atoms with E-state index in [2.05, 4.69) is 20.2 Å². The molecule has 1 aromatic heterocycles. The first kappa shape index (κ1) is 14.8. The first-order valence-corrected chi connectivity index (χ1v) is 7.55. The maximum absolute atomic E-state index is 11.5. The van der Waals surface area contributed by atoms with Crippen molar-refractivity contribution in [3.63, 3.8) is 0 Å². The fraction of sp³-hybridized carbons (Fsp3) is 0.667. The lowest BCUT2D eigenvalue weighted by atomic mass is 10.1. The lowest BCUT2D eigenvalue weighted by Gasteiger charge is -2.27. The minimum atomic E-state index is 0.0864. The lowest BCUT2D eigenvalue weighted by molar-refractivity contribution is -0.121. The summed E-state index contributed by atoms with van der Waals surface area (Å²) in [4.78, 5) is 22.9. The van der Waals surface area contributed by atoms with Gasteiger partial charge in [0, 0.05) is 25.2 Å². The van der Waals surface area contributed by atoms with E-state index in [0.717, 1.165) is 36.8 Å². The van der Waals surface area contributed by atoms with E-state index in [-0.39, 0.29) is 5.91 Å². The van der Waals surface area contributed by atoms with Gasteiger partial charge in [-0.15, -0.1) is 0 Å². The van der Waals surface area contributed by atoms with E-state index >= 15 is 0 Å². The molecule has 1 aliphatic heterocycles. The normalized spacial score (nSPS) is 15.2. The summed E-state index contributed by atoms with van der Waals surface area (Å²) in [6, 6.07) is 1.94. The van der Waals surface area contributed by atoms with Crippen LogP contribution in [0.1, 0.15) is 50.4 Å². The van der Waals surface area contributed by atoms with Crippen molar-refractivity contribution in [2.24, 2.45) is 0 Å². The smallest absolute Gasteiger partial charge is 0.225 e. The van der Waals surface area contributed by atoms with Crippen LogP contribution in [0.3, 0.4) is 0 Å². The Morgan fingerprint density at radius 3 is 2.75 bits per heavy atom. The van der Waals surface area contributed by atoms with Crippen molar-refractivity contribution >= 4 is 11.9 Å². The molecule has 0 unspecified atom stereocenters. The number of amides is 1. The standard InChI is InChI=1S/C15H24N4O/c1-3-7-14(20)16-11-13-10-12(2)17-15(18-13)19-8-5-4-6-9-19/h10H,3-9,11H2,1-2H3,(H,16,20). The number of hydrogen-bond acceptors (Lipinski definition) is 4. The predicted molar refractivity (Wildman–Crippen MR) is 79.6 cm³/mol. The fourth-order valence-corrected chi connectivity index (χ4v) is 2.45. The third-order valence-electron chi connectivity index (χ3n) is 3.48. The number of anilines is 1. The summed E-state index contributed by atoms with van der Waals surface area (Å²) >= 11 is 0. The number of hydrogen-bond donors (Lipinski definition) is 1. The van der Waals surface area contributed by atoms with Crippen molar-refractivity contribution < 1.29 is 4.79 Å². The summed E-state index contributed by atoms with van der Waals surface area (Å²) in [6.45, 7) is 6.54. The highest BCUT2D eigenvalue weighted by Gasteiger charge is 2.14. The van der Waals surface area contributed by atoms with Gasteiger partial charge in [0.1, 0.15) is 0 Å². The molecule has 2 rings (SSSR count). The molecule has 1 N–H and O–H groups in total. The highest BCUT2D eigenvalue weighted by molar-refractivity contribution is 5.75. The second kappa shape index (κ2) is 7.22. The van der Waals surface area contributed by atoms with E-state index in [1.165, 1.54) is 19.3 Å². The minimum Gasteiger partial charge on any atom is -0.350 e. The van der Waals surface area contributed by atoms with Crippen molar-refractivity contribution in [2.75, 3.05) is 18.0 Å². The van der Waals surface area contributed by atoms with Crippen molar-refractivity contribution in [1.29, 1.82) is 0 Å². The van der Waals surface area contributed by atoms with Crippen LogP contribution in [0, 0.1) is 6.92 Å². The second-order valence-electron chi connectivity index (χ2n) is 5.38. The molecule has 1 aromatic rings. The zero-order valence-corrected chi connectivity index (χ0v) is 12.5. The van der Waals surface area contributed by atoms with E-state index in [1.54, 1.807) is 0 Å². The summed E-state index contributed by atoms with van der Waals surface area (Å²) < 4.78 is 0. The van der Waals surface area contributed by atoms with Crippen molar-refractivity contribution in [1.82, 2.24) is 15.3 Å². The highest BCUT2D eigenvalue weighted by Crippen LogP contribution is 2.16. The molecule has 0 atom stereocenters. The number of nitrogens with one attached hydrogen (secondary N) is 1. The zero-order valence-electron chi connectivity index (χ0n) is 12.5. The van der Waals surface area contributed by atoms with Crippen LogP contribution in [-0.2, 0) is 11.3 Å². The van der Waals surface area contributed by atoms with Crippen molar-refractivity contribution in [2.45, 2.75) is 52.5 Å². The molecule has 0 bridgehead atoms. The summed E-state index contributed by atoms with van der Waals surface area (Å²) in [7, 11) is 0. The molecule has 0 aliphatic carbocycles. The molecule has 0 saturated carbocycles. The van der Waals surface area contributed by atoms with Crippen LogP contribution in [-0.4, -0.2) is 29.0 Å². The van der Waals surface area contributed by atoms with Gasteiger partial charge in [0.2, 0.25) is 11.9 Å². The molecule has 20 heavy (non-hydrogen) atoms. The van der Waals surface area contributed by atoms with Gasteiger partial charge in [-0.1, -0.05) is 6.92 Å². The van der Waals surface area contributed by atoms with Gasteiger partial charge in [-0.2, -0.15) is 0 Å². The minimum absolute atomic E-state index is 0.0864. The predicted octanol–water partition coefficient (Wildman–Crippen LogP) is 2.19. The van der Waals surface area contributed by atoms with E-state index in [9.17, 15) is 4.79 Å². The number of aryl methyl sites for hydroxylation is 1. The van der Waals surface area contributed by atoms with Gasteiger partial charge >= 0.3 is 0 Å². The SMILES string of the molecule is CCCC(=O)NCc1cc(C)nc(N2CCCCC2)n1. The number of carbonyl (C=O) groups excluding carboxylic acids is 1. The van der Waals surface area contributed by atoms with Gasteiger partial charge in [-0.25, -0.2) is 9.97 Å². The van der Waals surface area contributed by atoms with Gasteiger partial charge in [0.25, 0.3) is 0 Å². The largest absolute Gasteiger partial charge is 0.350 e. The second-order valence-corrected chi connectivity index (χ2v) is 5.38. The van der Waals surface area contributed by atoms with E-state index in [0.29, 0.717) is 13.0 Å². The number of piperidine rings is 1. The fourth-order valence-electron chi connectivity index (χ4n) is 2.45. The Kier molecular flexibility index (Phi) is 5.32. The molecule has 0 radical (unpaired) electrons. The Hall–Kier alpha value is -1.65. The summed E-state index contributed by atoms with van der Waals surface area (Å²) in [5, 5.41) is 2.91. The molecule has 110 valence electrons. The van der Waals surface area contributed by atoms with Crippen LogP contribution in [0.2, 0.25) is 0 Å². The van der Waals surface area contributed by atoms with Gasteiger partial charge in [-0.3, -0.25) is 4.79 Å². The van der Waals surface area contributed by atoms with Crippen LogP contribution in [0.25, 0.3) is 0 Å². The maximum atomic E-state index is 11.5. The van der Waals surface area contributed by atoms with Gasteiger partial charge in [0.15, 0.2) is 0 Å². The van der Waals surface area contributed by atoms with E-state index in [4.69, 9.17) is 0 Å². The topological polar surface area (TPSA) is 58.1 Å². The number of nitrogens with zero attached hydrogens (tertiary/aromatic N) is 3. The number of carbonyl (C=O) groups is 1. The molecule has 1 fully saturated rings. The Morgan fingerprint density at radius 1 is 1.30 bits per heavy atom. The van der Waals surface area contributed by atoms with E-state index in [1.807, 2.05) is 19.9 Å². The molecule has 1 saturated heterocycles. The van der Waals surface area contributed by atoms with Crippen molar-refractivity contribution in [3.05, 3.63) is 17.5 Å². The molecule has 1 amide bonds. The average Bonchev–Trinajstić information content (AvgIpc) is 2.46. The monoisotopic (exact) mass is 276 g/mol. The van der Waals surface area contributed by atoms with E-state index < -0.39 is 0 Å². The molecule has 0 spiro atoms. The van der Waals surface area contributed by atoms with Gasteiger partial charge < -0.3 is 10.2 Å². The molecular weight excluding hydrogens is 252 g/mol. The molecule has 5 heteroatoms. The number of aromatic nitrogens is 2. The quantitative estimate of drug-likeness (QED) is 0.895. The Bertz CT molecular complexity index is 455. The summed E-state index contributed by atoms with van der Waals surface area (Å²) in [6.07, 6.45) is 5.15. The van der Waals surface area contributed by atoms with Crippen LogP contribution in [0.5, 0.6) is 0 Å². The molecule has 1 aliphatic rings. The Morgan fingerprint density at radius 2 is 2.05 bits per heavy atom. The molecule has 0 aromatic carbocycles. The highest BCUT2D eigenvalue weighted by atomic mass is 16.1. The lowest BCUT2D eigenvalue weighted by Crippen LogP contribution is -2.31. The molecule has 2 heterocycles. The summed E-state index contributed by atoms with van der Waals surface area (Å²) in [5.41, 5.74) is 1.85. The summed E-state index contributed by atoms with van der Waals surface area (Å²) in [5.74, 6) is 0.896. The van der Waals surface area contributed by atoms with Gasteiger partial charge in [-0.05, 0) is 38.7 Å². The molecular formula is C15H24N4O. The Balaban J connectivity index is 2.02. The zero-order chi connectivity index (χ0) is 14.4. The first-order valence-electron chi connectivity index (χ1n) is 7.55. The third kappa shape index (κ3) is 4.18. The first-order chi connectivity index (χ1) is 9.69. The molecule has 5 nitrogen and oxygen atoms in total. The van der Waals surface area contributed by atoms with Crippen molar-refractivity contribution in [3.8, 4) is 0 Å².